The summed E-state index contributed by atoms with van der Waals surface area (Å²) in [6.07, 6.45) is 6.45. The first-order valence-electron chi connectivity index (χ1n) is 10.2. The molecule has 0 radical (unpaired) electrons. The van der Waals surface area contributed by atoms with Crippen LogP contribution >= 0.6 is 0 Å². The standard InChI is InChI=1S/C22H28N2O3/c1-2-3-11-24-19-10-12-23(13-16(19)8-9-21(24)25)14-17-15-27-20-7-5-4-6-18(20)22(17)26/h4-7,15-16,19H,2-3,8-14H2,1H3/t16-,19+/m0/s1. The van der Waals surface area contributed by atoms with Crippen molar-refractivity contribution < 1.29 is 9.21 Å². The number of amides is 1. The Morgan fingerprint density at radius 2 is 2.04 bits per heavy atom. The number of benzene rings is 1. The lowest BCUT2D eigenvalue weighted by Gasteiger charge is -2.47. The molecule has 2 fully saturated rings. The fourth-order valence-corrected chi connectivity index (χ4v) is 4.66. The zero-order chi connectivity index (χ0) is 18.8. The Labute approximate surface area is 159 Å². The van der Waals surface area contributed by atoms with E-state index in [4.69, 9.17) is 4.42 Å². The second kappa shape index (κ2) is 7.85. The zero-order valence-electron chi connectivity index (χ0n) is 16.0. The highest BCUT2D eigenvalue weighted by molar-refractivity contribution is 5.77. The lowest BCUT2D eigenvalue weighted by Crippen LogP contribution is -2.56. The van der Waals surface area contributed by atoms with Gasteiger partial charge in [0.2, 0.25) is 5.91 Å². The monoisotopic (exact) mass is 368 g/mol. The third-order valence-electron chi connectivity index (χ3n) is 6.13. The van der Waals surface area contributed by atoms with Crippen molar-refractivity contribution in [2.24, 2.45) is 5.92 Å². The van der Waals surface area contributed by atoms with E-state index in [0.717, 1.165) is 50.9 Å². The quantitative estimate of drug-likeness (QED) is 0.812. The molecule has 0 N–H and O–H groups in total. The molecule has 0 aliphatic carbocycles. The van der Waals surface area contributed by atoms with Gasteiger partial charge in [0, 0.05) is 44.2 Å². The van der Waals surface area contributed by atoms with Gasteiger partial charge < -0.3 is 9.32 Å². The Morgan fingerprint density at radius 3 is 2.89 bits per heavy atom. The molecule has 1 aromatic heterocycles. The summed E-state index contributed by atoms with van der Waals surface area (Å²) in [5.41, 5.74) is 1.44. The third kappa shape index (κ3) is 3.65. The van der Waals surface area contributed by atoms with E-state index in [1.54, 1.807) is 6.26 Å². The summed E-state index contributed by atoms with van der Waals surface area (Å²) < 4.78 is 5.67. The second-order valence-electron chi connectivity index (χ2n) is 7.92. The van der Waals surface area contributed by atoms with E-state index in [-0.39, 0.29) is 5.43 Å². The normalized spacial score (nSPS) is 23.6. The molecule has 1 aromatic carbocycles. The molecule has 2 aliphatic rings. The number of fused-ring (bicyclic) bond motifs is 2. The van der Waals surface area contributed by atoms with Gasteiger partial charge in [-0.15, -0.1) is 0 Å². The van der Waals surface area contributed by atoms with Crippen LogP contribution in [0.1, 0.15) is 44.6 Å². The molecule has 0 bridgehead atoms. The number of unbranched alkanes of at least 4 members (excludes halogenated alkanes) is 1. The predicted octanol–water partition coefficient (Wildman–Crippen LogP) is 3.41. The van der Waals surface area contributed by atoms with Crippen LogP contribution in [0.2, 0.25) is 0 Å². The summed E-state index contributed by atoms with van der Waals surface area (Å²) in [5, 5.41) is 0.652. The van der Waals surface area contributed by atoms with Crippen molar-refractivity contribution in [1.82, 2.24) is 9.80 Å². The first-order valence-corrected chi connectivity index (χ1v) is 10.2. The van der Waals surface area contributed by atoms with Crippen LogP contribution in [0.15, 0.2) is 39.7 Å². The van der Waals surface area contributed by atoms with Gasteiger partial charge in [0.1, 0.15) is 5.58 Å². The molecule has 0 unspecified atom stereocenters. The minimum atomic E-state index is 0.0716. The molecule has 2 aliphatic heterocycles. The van der Waals surface area contributed by atoms with Crippen LogP contribution in [0.4, 0.5) is 0 Å². The Kier molecular flexibility index (Phi) is 5.30. The van der Waals surface area contributed by atoms with Crippen molar-refractivity contribution in [2.75, 3.05) is 19.6 Å². The van der Waals surface area contributed by atoms with Gasteiger partial charge in [-0.2, -0.15) is 0 Å². The molecule has 2 aromatic rings. The maximum absolute atomic E-state index is 12.8. The molecule has 5 heteroatoms. The minimum absolute atomic E-state index is 0.0716. The van der Waals surface area contributed by atoms with E-state index in [1.165, 1.54) is 0 Å². The number of hydrogen-bond donors (Lipinski definition) is 0. The number of para-hydroxylation sites is 1. The van der Waals surface area contributed by atoms with E-state index in [1.807, 2.05) is 24.3 Å². The topological polar surface area (TPSA) is 53.8 Å². The number of piperidine rings is 2. The van der Waals surface area contributed by atoms with Gasteiger partial charge in [0.25, 0.3) is 0 Å². The van der Waals surface area contributed by atoms with Gasteiger partial charge in [0.05, 0.1) is 11.6 Å². The van der Waals surface area contributed by atoms with Crippen molar-refractivity contribution >= 4 is 16.9 Å². The van der Waals surface area contributed by atoms with Crippen LogP contribution < -0.4 is 5.43 Å². The van der Waals surface area contributed by atoms with E-state index in [0.29, 0.717) is 41.8 Å². The van der Waals surface area contributed by atoms with E-state index >= 15 is 0 Å². The van der Waals surface area contributed by atoms with E-state index < -0.39 is 0 Å². The molecule has 0 saturated carbocycles. The highest BCUT2D eigenvalue weighted by Gasteiger charge is 2.38. The van der Waals surface area contributed by atoms with Crippen LogP contribution in [0, 0.1) is 5.92 Å². The van der Waals surface area contributed by atoms with Gasteiger partial charge in [-0.25, -0.2) is 0 Å². The maximum Gasteiger partial charge on any atom is 0.222 e. The van der Waals surface area contributed by atoms with Gasteiger partial charge in [0.15, 0.2) is 5.43 Å². The maximum atomic E-state index is 12.8. The Balaban J connectivity index is 1.46. The summed E-state index contributed by atoms with van der Waals surface area (Å²) in [4.78, 5) is 29.6. The molecule has 144 valence electrons. The van der Waals surface area contributed by atoms with Crippen molar-refractivity contribution in [3.63, 3.8) is 0 Å². The molecule has 3 heterocycles. The molecule has 2 atom stereocenters. The summed E-state index contributed by atoms with van der Waals surface area (Å²) in [6, 6.07) is 7.79. The predicted molar refractivity (Wildman–Crippen MR) is 106 cm³/mol. The van der Waals surface area contributed by atoms with E-state index in [2.05, 4.69) is 16.7 Å². The van der Waals surface area contributed by atoms with Crippen LogP contribution in [0.3, 0.4) is 0 Å². The molecule has 4 rings (SSSR count). The zero-order valence-corrected chi connectivity index (χ0v) is 16.0. The highest BCUT2D eigenvalue weighted by Crippen LogP contribution is 2.32. The summed E-state index contributed by atoms with van der Waals surface area (Å²) in [6.45, 7) is 5.56. The smallest absolute Gasteiger partial charge is 0.222 e. The highest BCUT2D eigenvalue weighted by atomic mass is 16.3. The van der Waals surface area contributed by atoms with Crippen molar-refractivity contribution in [3.8, 4) is 0 Å². The Hall–Kier alpha value is -2.14. The Morgan fingerprint density at radius 1 is 1.19 bits per heavy atom. The van der Waals surface area contributed by atoms with Gasteiger partial charge >= 0.3 is 0 Å². The SMILES string of the molecule is CCCCN1C(=O)CC[C@H]2CN(Cc3coc4ccccc4c3=O)CC[C@H]21. The molecular weight excluding hydrogens is 340 g/mol. The van der Waals surface area contributed by atoms with Crippen molar-refractivity contribution in [3.05, 3.63) is 46.3 Å². The number of carbonyl (C=O) groups is 1. The van der Waals surface area contributed by atoms with Crippen molar-refractivity contribution in [2.45, 2.75) is 51.6 Å². The van der Waals surface area contributed by atoms with Crippen LogP contribution in [0.25, 0.3) is 11.0 Å². The summed E-state index contributed by atoms with van der Waals surface area (Å²) in [7, 11) is 0. The number of nitrogens with zero attached hydrogens (tertiary/aromatic N) is 2. The van der Waals surface area contributed by atoms with Gasteiger partial charge in [-0.1, -0.05) is 25.5 Å². The third-order valence-corrected chi connectivity index (χ3v) is 6.13. The first kappa shape index (κ1) is 18.2. The fraction of sp³-hybridized carbons (Fsp3) is 0.545. The average molecular weight is 368 g/mol. The molecule has 1 amide bonds. The van der Waals surface area contributed by atoms with Crippen LogP contribution in [0.5, 0.6) is 0 Å². The summed E-state index contributed by atoms with van der Waals surface area (Å²) >= 11 is 0. The number of likely N-dealkylation sites (tertiary alicyclic amines) is 2. The lowest BCUT2D eigenvalue weighted by atomic mass is 9.83. The molecule has 27 heavy (non-hydrogen) atoms. The van der Waals surface area contributed by atoms with Gasteiger partial charge in [-0.3, -0.25) is 14.5 Å². The molecule has 0 spiro atoms. The van der Waals surface area contributed by atoms with E-state index in [9.17, 15) is 9.59 Å². The van der Waals surface area contributed by atoms with Crippen LogP contribution in [-0.2, 0) is 11.3 Å². The number of carbonyl (C=O) groups excluding carboxylic acids is 1. The summed E-state index contributed by atoms with van der Waals surface area (Å²) in [5.74, 6) is 0.842. The molecule has 5 nitrogen and oxygen atoms in total. The molecule has 2 saturated heterocycles. The first-order chi connectivity index (χ1) is 13.2. The Bertz CT molecular complexity index is 875. The second-order valence-corrected chi connectivity index (χ2v) is 7.92. The van der Waals surface area contributed by atoms with Crippen molar-refractivity contribution in [1.29, 1.82) is 0 Å². The van der Waals surface area contributed by atoms with Crippen LogP contribution in [-0.4, -0.2) is 41.4 Å². The fourth-order valence-electron chi connectivity index (χ4n) is 4.66. The number of hydrogen-bond acceptors (Lipinski definition) is 4. The average Bonchev–Trinajstić information content (AvgIpc) is 2.70. The molecular formula is C22H28N2O3. The lowest BCUT2D eigenvalue weighted by molar-refractivity contribution is -0.141. The minimum Gasteiger partial charge on any atom is -0.464 e. The van der Waals surface area contributed by atoms with Gasteiger partial charge in [-0.05, 0) is 37.3 Å². The largest absolute Gasteiger partial charge is 0.464 e. The number of rotatable bonds is 5.